The standard InChI is InChI=1S/C48H64N4O7/c1-32(2)25-40(42(53)29-38(28-36-15-11-8-12-16-36)47(57)51-41(26-33(3)4)45(55)48(6)31-58-48)50-46(56)37(18-17-35-13-9-7-10-14-35)30-44(54)59-43-20-19-39(27-34(43)5)52-23-21-49-22-24-52/h7-16,19-20,27,32-33,37-38,40-41,49H,17-18,21-26,28-31H2,1-6H3,(H,50,56)(H,51,57)/t37-,38-,40+,41+,48-/m1/s1. The predicted octanol–water partition coefficient (Wildman–Crippen LogP) is 6.19. The second-order valence-electron chi connectivity index (χ2n) is 17.4. The number of rotatable bonds is 22. The summed E-state index contributed by atoms with van der Waals surface area (Å²) in [6, 6.07) is 23.4. The normalized spacial score (nSPS) is 18.4. The maximum Gasteiger partial charge on any atom is 0.311 e. The third-order valence-electron chi connectivity index (χ3n) is 11.3. The van der Waals surface area contributed by atoms with Crippen LogP contribution >= 0.6 is 0 Å². The highest BCUT2D eigenvalue weighted by Gasteiger charge is 2.50. The number of nitrogens with one attached hydrogen (secondary N) is 3. The van der Waals surface area contributed by atoms with Crippen LogP contribution in [-0.4, -0.2) is 79.8 Å². The van der Waals surface area contributed by atoms with Gasteiger partial charge in [-0.3, -0.25) is 24.0 Å². The molecule has 0 bridgehead atoms. The molecule has 2 aliphatic rings. The zero-order valence-electron chi connectivity index (χ0n) is 35.8. The Labute approximate surface area is 350 Å². The molecule has 0 spiro atoms. The van der Waals surface area contributed by atoms with Crippen LogP contribution in [0.4, 0.5) is 5.69 Å². The summed E-state index contributed by atoms with van der Waals surface area (Å²) in [5, 5.41) is 9.37. The van der Waals surface area contributed by atoms with Crippen molar-refractivity contribution in [2.45, 2.75) is 104 Å². The van der Waals surface area contributed by atoms with E-state index in [-0.39, 0.29) is 48.6 Å². The first-order chi connectivity index (χ1) is 28.2. The lowest BCUT2D eigenvalue weighted by atomic mass is 9.87. The molecule has 0 aromatic heterocycles. The minimum Gasteiger partial charge on any atom is -0.426 e. The third-order valence-corrected chi connectivity index (χ3v) is 11.3. The molecule has 0 unspecified atom stereocenters. The van der Waals surface area contributed by atoms with Crippen molar-refractivity contribution >= 4 is 35.0 Å². The maximum atomic E-state index is 14.4. The Morgan fingerprint density at radius 3 is 1.95 bits per heavy atom. The Kier molecular flexibility index (Phi) is 16.4. The molecule has 11 heteroatoms. The molecule has 2 saturated heterocycles. The van der Waals surface area contributed by atoms with Crippen LogP contribution in [0.5, 0.6) is 5.75 Å². The van der Waals surface area contributed by atoms with E-state index in [0.29, 0.717) is 38.0 Å². The van der Waals surface area contributed by atoms with E-state index in [4.69, 9.17) is 9.47 Å². The Morgan fingerprint density at radius 1 is 0.780 bits per heavy atom. The van der Waals surface area contributed by atoms with Crippen molar-refractivity contribution in [2.24, 2.45) is 23.7 Å². The van der Waals surface area contributed by atoms with E-state index in [1.165, 1.54) is 0 Å². The lowest BCUT2D eigenvalue weighted by molar-refractivity contribution is -0.140. The minimum absolute atomic E-state index is 0.0397. The van der Waals surface area contributed by atoms with Gasteiger partial charge in [-0.25, -0.2) is 0 Å². The zero-order valence-corrected chi connectivity index (χ0v) is 35.8. The van der Waals surface area contributed by atoms with Crippen LogP contribution in [-0.2, 0) is 41.6 Å². The average Bonchev–Trinajstić information content (AvgIpc) is 3.97. The van der Waals surface area contributed by atoms with Gasteiger partial charge in [0.2, 0.25) is 11.8 Å². The molecule has 3 N–H and O–H groups in total. The highest BCUT2D eigenvalue weighted by Crippen LogP contribution is 2.30. The van der Waals surface area contributed by atoms with Crippen molar-refractivity contribution in [2.75, 3.05) is 37.7 Å². The van der Waals surface area contributed by atoms with Crippen molar-refractivity contribution in [3.05, 3.63) is 95.6 Å². The summed E-state index contributed by atoms with van der Waals surface area (Å²) in [5.41, 5.74) is 2.88. The second-order valence-corrected chi connectivity index (χ2v) is 17.4. The first-order valence-electron chi connectivity index (χ1n) is 21.4. The monoisotopic (exact) mass is 808 g/mol. The Morgan fingerprint density at radius 2 is 1.36 bits per heavy atom. The number of amides is 2. The number of esters is 1. The number of nitrogens with zero attached hydrogens (tertiary/aromatic N) is 1. The number of anilines is 1. The minimum atomic E-state index is -0.915. The molecule has 2 heterocycles. The number of hydrogen-bond acceptors (Lipinski definition) is 9. The molecule has 3 aromatic rings. The molecule has 11 nitrogen and oxygen atoms in total. The average molecular weight is 809 g/mol. The van der Waals surface area contributed by atoms with Crippen LogP contribution in [0.15, 0.2) is 78.9 Å². The molecule has 2 fully saturated rings. The van der Waals surface area contributed by atoms with Gasteiger partial charge in [-0.2, -0.15) is 0 Å². The Balaban J connectivity index is 1.32. The van der Waals surface area contributed by atoms with Gasteiger partial charge < -0.3 is 30.3 Å². The lowest BCUT2D eigenvalue weighted by Crippen LogP contribution is -2.50. The van der Waals surface area contributed by atoms with Crippen molar-refractivity contribution < 1.29 is 33.4 Å². The van der Waals surface area contributed by atoms with Crippen molar-refractivity contribution in [1.82, 2.24) is 16.0 Å². The summed E-state index contributed by atoms with van der Waals surface area (Å²) in [6.45, 7) is 15.5. The number of ether oxygens (including phenoxy) is 2. The van der Waals surface area contributed by atoms with Crippen LogP contribution in [0.3, 0.4) is 0 Å². The topological polar surface area (TPSA) is 146 Å². The summed E-state index contributed by atoms with van der Waals surface area (Å²) in [4.78, 5) is 72.0. The van der Waals surface area contributed by atoms with Crippen molar-refractivity contribution in [3.8, 4) is 5.75 Å². The largest absolute Gasteiger partial charge is 0.426 e. The lowest BCUT2D eigenvalue weighted by Gasteiger charge is -2.29. The van der Waals surface area contributed by atoms with Crippen LogP contribution in [0.25, 0.3) is 0 Å². The van der Waals surface area contributed by atoms with E-state index in [0.717, 1.165) is 48.6 Å². The van der Waals surface area contributed by atoms with Gasteiger partial charge in [0.25, 0.3) is 0 Å². The zero-order chi connectivity index (χ0) is 42.5. The second kappa shape index (κ2) is 21.4. The highest BCUT2D eigenvalue weighted by molar-refractivity contribution is 5.98. The summed E-state index contributed by atoms with van der Waals surface area (Å²) < 4.78 is 11.3. The Bertz CT molecular complexity index is 1870. The van der Waals surface area contributed by atoms with E-state index in [9.17, 15) is 24.0 Å². The summed E-state index contributed by atoms with van der Waals surface area (Å²) in [7, 11) is 0. The summed E-state index contributed by atoms with van der Waals surface area (Å²) >= 11 is 0. The number of aryl methyl sites for hydroxylation is 2. The fourth-order valence-electron chi connectivity index (χ4n) is 7.73. The molecule has 0 radical (unpaired) electrons. The molecular formula is C48H64N4O7. The molecule has 5 atom stereocenters. The Hall–Kier alpha value is -4.87. The van der Waals surface area contributed by atoms with Gasteiger partial charge in [-0.05, 0) is 92.7 Å². The molecule has 59 heavy (non-hydrogen) atoms. The number of benzene rings is 3. The number of carbonyl (C=O) groups excluding carboxylic acids is 5. The third kappa shape index (κ3) is 13.9. The van der Waals surface area contributed by atoms with Gasteiger partial charge in [0, 0.05) is 50.1 Å². The number of Topliss-reactive ketones (excluding diaryl/α,β-unsaturated/α-hetero) is 2. The SMILES string of the molecule is Cc1cc(N2CCNCC2)ccc1OC(=O)C[C@@H](CCc1ccccc1)C(=O)N[C@@H](CC(C)C)C(=O)C[C@@H](Cc1ccccc1)C(=O)N[C@@H](CC(C)C)C(=O)[C@@]1(C)CO1. The molecular weight excluding hydrogens is 745 g/mol. The van der Waals surface area contributed by atoms with Crippen LogP contribution in [0.1, 0.15) is 83.4 Å². The van der Waals surface area contributed by atoms with Crippen LogP contribution in [0.2, 0.25) is 0 Å². The van der Waals surface area contributed by atoms with Gasteiger partial charge in [0.1, 0.15) is 11.4 Å². The molecule has 3 aromatic carbocycles. The van der Waals surface area contributed by atoms with Gasteiger partial charge in [-0.15, -0.1) is 0 Å². The summed E-state index contributed by atoms with van der Waals surface area (Å²) in [6.07, 6.45) is 1.66. The molecule has 0 aliphatic carbocycles. The highest BCUT2D eigenvalue weighted by atomic mass is 16.6. The maximum absolute atomic E-state index is 14.4. The van der Waals surface area contributed by atoms with Gasteiger partial charge >= 0.3 is 5.97 Å². The molecule has 0 saturated carbocycles. The van der Waals surface area contributed by atoms with Crippen LogP contribution in [0, 0.1) is 30.6 Å². The van der Waals surface area contributed by atoms with Gasteiger partial charge in [0.15, 0.2) is 11.6 Å². The molecule has 2 amide bonds. The first kappa shape index (κ1) is 45.2. The van der Waals surface area contributed by atoms with Crippen molar-refractivity contribution in [3.63, 3.8) is 0 Å². The number of ketones is 2. The number of carbonyl (C=O) groups is 5. The van der Waals surface area contributed by atoms with Gasteiger partial charge in [0.05, 0.1) is 25.1 Å². The van der Waals surface area contributed by atoms with E-state index in [1.54, 1.807) is 6.92 Å². The van der Waals surface area contributed by atoms with E-state index < -0.39 is 41.4 Å². The molecule has 2 aliphatic heterocycles. The van der Waals surface area contributed by atoms with Crippen LogP contribution < -0.4 is 25.6 Å². The van der Waals surface area contributed by atoms with E-state index >= 15 is 0 Å². The first-order valence-corrected chi connectivity index (χ1v) is 21.4. The predicted molar refractivity (Wildman–Crippen MR) is 230 cm³/mol. The molecule has 318 valence electrons. The fraction of sp³-hybridized carbons (Fsp3) is 0.521. The summed E-state index contributed by atoms with van der Waals surface area (Å²) in [5.74, 6) is -2.73. The fourth-order valence-corrected chi connectivity index (χ4v) is 7.73. The van der Waals surface area contributed by atoms with E-state index in [1.807, 2.05) is 113 Å². The number of epoxide rings is 1. The van der Waals surface area contributed by atoms with Gasteiger partial charge in [-0.1, -0.05) is 88.4 Å². The quantitative estimate of drug-likeness (QED) is 0.0615. The number of piperazine rings is 1. The molecule has 5 rings (SSSR count). The smallest absolute Gasteiger partial charge is 0.311 e. The van der Waals surface area contributed by atoms with E-state index in [2.05, 4.69) is 20.9 Å². The van der Waals surface area contributed by atoms with Crippen molar-refractivity contribution in [1.29, 1.82) is 0 Å². The number of hydrogen-bond donors (Lipinski definition) is 3.